The van der Waals surface area contributed by atoms with Gasteiger partial charge in [-0.3, -0.25) is 9.48 Å². The van der Waals surface area contributed by atoms with Crippen LogP contribution in [0.4, 0.5) is 5.69 Å². The number of hydrogen-bond acceptors (Lipinski definition) is 4. The third-order valence-electron chi connectivity index (χ3n) is 3.51. The average Bonchev–Trinajstić information content (AvgIpc) is 3.18. The molecule has 1 N–H and O–H groups in total. The lowest BCUT2D eigenvalue weighted by Crippen LogP contribution is -2.24. The van der Waals surface area contributed by atoms with Gasteiger partial charge in [-0.15, -0.1) is 11.3 Å². The number of aromatic nitrogens is 2. The molecule has 6 heteroatoms. The Morgan fingerprint density at radius 3 is 3.27 bits per heavy atom. The molecule has 22 heavy (non-hydrogen) atoms. The molecule has 1 aliphatic rings. The lowest BCUT2D eigenvalue weighted by molar-refractivity contribution is -0.111. The summed E-state index contributed by atoms with van der Waals surface area (Å²) in [5.74, 6) is -0.151. The predicted molar refractivity (Wildman–Crippen MR) is 87.8 cm³/mol. The molecule has 3 rings (SSSR count). The fourth-order valence-corrected chi connectivity index (χ4v) is 3.03. The molecular weight excluding hydrogens is 298 g/mol. The molecule has 1 amide bonds. The molecule has 0 radical (unpaired) electrons. The summed E-state index contributed by atoms with van der Waals surface area (Å²) >= 11 is 1.60. The Morgan fingerprint density at radius 1 is 1.55 bits per heavy atom. The Morgan fingerprint density at radius 2 is 2.50 bits per heavy atom. The molecule has 0 aliphatic carbocycles. The van der Waals surface area contributed by atoms with Crippen LogP contribution in [-0.4, -0.2) is 28.4 Å². The van der Waals surface area contributed by atoms with Crippen LogP contribution in [0.1, 0.15) is 24.1 Å². The van der Waals surface area contributed by atoms with Crippen molar-refractivity contribution < 1.29 is 9.53 Å². The molecule has 1 saturated heterocycles. The summed E-state index contributed by atoms with van der Waals surface area (Å²) in [5, 5.41) is 9.07. The van der Waals surface area contributed by atoms with Crippen molar-refractivity contribution in [1.29, 1.82) is 0 Å². The van der Waals surface area contributed by atoms with E-state index in [9.17, 15) is 4.79 Å². The highest BCUT2D eigenvalue weighted by molar-refractivity contribution is 7.10. The van der Waals surface area contributed by atoms with Crippen molar-refractivity contribution in [2.24, 2.45) is 0 Å². The van der Waals surface area contributed by atoms with Gasteiger partial charge in [-0.05, 0) is 36.8 Å². The van der Waals surface area contributed by atoms with Crippen LogP contribution >= 0.6 is 11.3 Å². The maximum absolute atomic E-state index is 11.9. The van der Waals surface area contributed by atoms with Crippen molar-refractivity contribution in [3.05, 3.63) is 40.9 Å². The molecule has 0 spiro atoms. The summed E-state index contributed by atoms with van der Waals surface area (Å²) < 4.78 is 7.52. The van der Waals surface area contributed by atoms with Crippen molar-refractivity contribution in [3.8, 4) is 0 Å². The minimum Gasteiger partial charge on any atom is -0.376 e. The number of ether oxygens (including phenoxy) is 1. The van der Waals surface area contributed by atoms with E-state index in [-0.39, 0.29) is 12.0 Å². The first-order valence-corrected chi connectivity index (χ1v) is 8.34. The summed E-state index contributed by atoms with van der Waals surface area (Å²) in [4.78, 5) is 12.9. The van der Waals surface area contributed by atoms with E-state index >= 15 is 0 Å². The van der Waals surface area contributed by atoms with E-state index in [1.54, 1.807) is 23.6 Å². The van der Waals surface area contributed by atoms with Crippen molar-refractivity contribution in [1.82, 2.24) is 9.78 Å². The maximum atomic E-state index is 11.9. The minimum atomic E-state index is -0.151. The molecule has 1 atom stereocenters. The summed E-state index contributed by atoms with van der Waals surface area (Å²) in [7, 11) is 0. The van der Waals surface area contributed by atoms with E-state index in [0.29, 0.717) is 5.69 Å². The molecule has 1 fully saturated rings. The van der Waals surface area contributed by atoms with Crippen LogP contribution in [0.3, 0.4) is 0 Å². The Kier molecular flexibility index (Phi) is 5.03. The van der Waals surface area contributed by atoms with Crippen LogP contribution in [0, 0.1) is 0 Å². The van der Waals surface area contributed by atoms with E-state index in [1.165, 1.54) is 12.5 Å². The zero-order chi connectivity index (χ0) is 15.2. The van der Waals surface area contributed by atoms with Gasteiger partial charge in [0.15, 0.2) is 0 Å². The number of amides is 1. The van der Waals surface area contributed by atoms with Gasteiger partial charge in [0.2, 0.25) is 5.91 Å². The van der Waals surface area contributed by atoms with Crippen molar-refractivity contribution >= 4 is 29.0 Å². The monoisotopic (exact) mass is 317 g/mol. The highest BCUT2D eigenvalue weighted by Crippen LogP contribution is 2.15. The number of carbonyl (C=O) groups excluding carboxylic acids is 1. The van der Waals surface area contributed by atoms with Crippen LogP contribution in [0.15, 0.2) is 36.0 Å². The molecule has 5 nitrogen and oxygen atoms in total. The molecular formula is C16H19N3O2S. The van der Waals surface area contributed by atoms with Crippen molar-refractivity contribution in [2.45, 2.75) is 31.9 Å². The number of carbonyl (C=O) groups is 1. The van der Waals surface area contributed by atoms with Gasteiger partial charge in [0.1, 0.15) is 0 Å². The fraction of sp³-hybridized carbons (Fsp3) is 0.375. The second kappa shape index (κ2) is 7.38. The molecule has 2 aromatic heterocycles. The lowest BCUT2D eigenvalue weighted by Gasteiger charge is -2.22. The summed E-state index contributed by atoms with van der Waals surface area (Å²) in [6.07, 6.45) is 10.5. The molecule has 1 aliphatic heterocycles. The zero-order valence-corrected chi connectivity index (χ0v) is 13.1. The number of nitrogens with zero attached hydrogens (tertiary/aromatic N) is 2. The first kappa shape index (κ1) is 15.0. The summed E-state index contributed by atoms with van der Waals surface area (Å²) in [5.41, 5.74) is 0.705. The Bertz CT molecular complexity index is 628. The Labute approximate surface area is 133 Å². The fourth-order valence-electron chi connectivity index (χ4n) is 2.42. The van der Waals surface area contributed by atoms with Crippen molar-refractivity contribution in [2.75, 3.05) is 11.9 Å². The van der Waals surface area contributed by atoms with Gasteiger partial charge in [0, 0.05) is 23.8 Å². The average molecular weight is 317 g/mol. The minimum absolute atomic E-state index is 0.151. The van der Waals surface area contributed by atoms with E-state index in [2.05, 4.69) is 10.4 Å². The molecule has 3 heterocycles. The first-order chi connectivity index (χ1) is 10.8. The Hall–Kier alpha value is -1.92. The van der Waals surface area contributed by atoms with Gasteiger partial charge in [-0.2, -0.15) is 5.10 Å². The zero-order valence-electron chi connectivity index (χ0n) is 12.3. The SMILES string of the molecule is O=C(/C=C/c1cccs1)Nc1cnn(CC2CCCCO2)c1. The third-order valence-corrected chi connectivity index (χ3v) is 4.35. The number of thiophene rings is 1. The molecule has 0 aromatic carbocycles. The number of nitrogens with one attached hydrogen (secondary N) is 1. The van der Waals surface area contributed by atoms with Gasteiger partial charge >= 0.3 is 0 Å². The van der Waals surface area contributed by atoms with E-state index in [1.807, 2.05) is 28.4 Å². The van der Waals surface area contributed by atoms with E-state index < -0.39 is 0 Å². The van der Waals surface area contributed by atoms with Crippen LogP contribution in [0.5, 0.6) is 0 Å². The second-order valence-electron chi connectivity index (χ2n) is 5.28. The van der Waals surface area contributed by atoms with Crippen LogP contribution in [-0.2, 0) is 16.1 Å². The molecule has 116 valence electrons. The largest absolute Gasteiger partial charge is 0.376 e. The van der Waals surface area contributed by atoms with Crippen LogP contribution in [0.25, 0.3) is 6.08 Å². The van der Waals surface area contributed by atoms with Crippen molar-refractivity contribution in [3.63, 3.8) is 0 Å². The second-order valence-corrected chi connectivity index (χ2v) is 6.26. The third kappa shape index (κ3) is 4.29. The quantitative estimate of drug-likeness (QED) is 0.862. The summed E-state index contributed by atoms with van der Waals surface area (Å²) in [6, 6.07) is 3.93. The molecule has 1 unspecified atom stereocenters. The number of rotatable bonds is 5. The van der Waals surface area contributed by atoms with Gasteiger partial charge in [-0.1, -0.05) is 6.07 Å². The topological polar surface area (TPSA) is 56.2 Å². The van der Waals surface area contributed by atoms with Gasteiger partial charge in [0.05, 0.1) is 24.5 Å². The highest BCUT2D eigenvalue weighted by Gasteiger charge is 2.14. The van der Waals surface area contributed by atoms with Crippen LogP contribution in [0.2, 0.25) is 0 Å². The number of anilines is 1. The van der Waals surface area contributed by atoms with Gasteiger partial charge < -0.3 is 10.1 Å². The van der Waals surface area contributed by atoms with Crippen LogP contribution < -0.4 is 5.32 Å². The predicted octanol–water partition coefficient (Wildman–Crippen LogP) is 3.17. The lowest BCUT2D eigenvalue weighted by atomic mass is 10.1. The molecule has 0 saturated carbocycles. The standard InChI is InChI=1S/C16H19N3O2S/c20-16(7-6-15-5-3-9-22-15)18-13-10-17-19(11-13)12-14-4-1-2-8-21-14/h3,5-7,9-11,14H,1-2,4,8,12H2,(H,18,20)/b7-6+. The number of hydrogen-bond donors (Lipinski definition) is 1. The molecule has 0 bridgehead atoms. The van der Waals surface area contributed by atoms with E-state index in [0.717, 1.165) is 30.9 Å². The van der Waals surface area contributed by atoms with Gasteiger partial charge in [-0.25, -0.2) is 0 Å². The normalized spacial score (nSPS) is 18.6. The first-order valence-electron chi connectivity index (χ1n) is 7.46. The highest BCUT2D eigenvalue weighted by atomic mass is 32.1. The van der Waals surface area contributed by atoms with E-state index in [4.69, 9.17) is 4.74 Å². The molecule has 2 aromatic rings. The smallest absolute Gasteiger partial charge is 0.248 e. The summed E-state index contributed by atoms with van der Waals surface area (Å²) in [6.45, 7) is 1.57. The maximum Gasteiger partial charge on any atom is 0.248 e. The Balaban J connectivity index is 1.51. The van der Waals surface area contributed by atoms with Gasteiger partial charge in [0.25, 0.3) is 0 Å².